The van der Waals surface area contributed by atoms with Crippen molar-refractivity contribution in [3.63, 3.8) is 0 Å². The zero-order chi connectivity index (χ0) is 11.8. The lowest BCUT2D eigenvalue weighted by Gasteiger charge is -2.12. The quantitative estimate of drug-likeness (QED) is 0.905. The summed E-state index contributed by atoms with van der Waals surface area (Å²) in [5, 5.41) is 2.74. The number of anilines is 1. The van der Waals surface area contributed by atoms with E-state index in [-0.39, 0.29) is 11.0 Å². The van der Waals surface area contributed by atoms with Crippen LogP contribution in [-0.4, -0.2) is 26.8 Å². The van der Waals surface area contributed by atoms with Crippen LogP contribution in [0.5, 0.6) is 0 Å². The van der Waals surface area contributed by atoms with Gasteiger partial charge in [-0.25, -0.2) is 18.7 Å². The number of fused-ring (bicyclic) bond motifs is 1. The average molecular weight is 247 g/mol. The molecule has 86 valence electrons. The van der Waals surface area contributed by atoms with E-state index < -0.39 is 12.5 Å². The highest BCUT2D eigenvalue weighted by Crippen LogP contribution is 2.18. The Kier molecular flexibility index (Phi) is 2.67. The van der Waals surface area contributed by atoms with Gasteiger partial charge in [-0.3, -0.25) is 0 Å². The number of hydrogen-bond acceptors (Lipinski definition) is 3. The van der Waals surface area contributed by atoms with Crippen molar-refractivity contribution in [2.75, 3.05) is 11.9 Å². The largest absolute Gasteiger partial charge is 0.361 e. The Balaban J connectivity index is 2.32. The van der Waals surface area contributed by atoms with Crippen LogP contribution in [0.4, 0.5) is 14.6 Å². The van der Waals surface area contributed by atoms with Gasteiger partial charge < -0.3 is 9.72 Å². The first-order valence-electron chi connectivity index (χ1n) is 4.57. The van der Waals surface area contributed by atoms with Crippen LogP contribution in [0.25, 0.3) is 5.65 Å². The number of aromatic nitrogens is 3. The molecular weight excluding hydrogens is 238 g/mol. The molecule has 2 aromatic rings. The van der Waals surface area contributed by atoms with Crippen LogP contribution in [-0.2, 0) is 0 Å². The van der Waals surface area contributed by atoms with Crippen molar-refractivity contribution in [2.45, 2.75) is 12.8 Å². The number of rotatable bonds is 3. The molecule has 0 amide bonds. The molecule has 16 heavy (non-hydrogen) atoms. The summed E-state index contributed by atoms with van der Waals surface area (Å²) in [6.07, 6.45) is 4.76. The van der Waals surface area contributed by atoms with Crippen LogP contribution < -0.4 is 5.32 Å². The molecule has 0 bridgehead atoms. The van der Waals surface area contributed by atoms with Gasteiger partial charge in [0.05, 0.1) is 6.54 Å². The van der Waals surface area contributed by atoms with E-state index in [1.54, 1.807) is 23.0 Å². The van der Waals surface area contributed by atoms with Crippen LogP contribution in [0.3, 0.4) is 0 Å². The van der Waals surface area contributed by atoms with Gasteiger partial charge in [-0.1, -0.05) is 11.6 Å². The van der Waals surface area contributed by atoms with Gasteiger partial charge in [0.15, 0.2) is 11.5 Å². The number of nitrogens with zero attached hydrogens (tertiary/aromatic N) is 3. The molecule has 1 N–H and O–H groups in total. The summed E-state index contributed by atoms with van der Waals surface area (Å²) in [5.74, 6) is -2.56. The topological polar surface area (TPSA) is 42.2 Å². The molecule has 0 atom stereocenters. The number of alkyl halides is 2. The lowest BCUT2D eigenvalue weighted by Crippen LogP contribution is -2.23. The third-order valence-electron chi connectivity index (χ3n) is 1.91. The van der Waals surface area contributed by atoms with Gasteiger partial charge in [-0.15, -0.1) is 0 Å². The minimum atomic E-state index is -2.81. The molecule has 0 fully saturated rings. The summed E-state index contributed by atoms with van der Waals surface area (Å²) in [7, 11) is 0. The van der Waals surface area contributed by atoms with Crippen LogP contribution in [0.15, 0.2) is 18.6 Å². The molecule has 4 nitrogen and oxygen atoms in total. The molecule has 2 rings (SSSR count). The minimum absolute atomic E-state index is 0.215. The van der Waals surface area contributed by atoms with Crippen LogP contribution >= 0.6 is 11.6 Å². The second kappa shape index (κ2) is 3.86. The maximum atomic E-state index is 12.7. The lowest BCUT2D eigenvalue weighted by atomic mass is 10.4. The Morgan fingerprint density at radius 2 is 2.31 bits per heavy atom. The summed E-state index contributed by atoms with van der Waals surface area (Å²) in [5.41, 5.74) is 0.466. The monoisotopic (exact) mass is 246 g/mol. The fourth-order valence-electron chi connectivity index (χ4n) is 1.26. The third kappa shape index (κ3) is 2.38. The van der Waals surface area contributed by atoms with Crippen LogP contribution in [0.1, 0.15) is 6.92 Å². The summed E-state index contributed by atoms with van der Waals surface area (Å²) >= 11 is 5.74. The Morgan fingerprint density at radius 1 is 1.56 bits per heavy atom. The SMILES string of the molecule is CC(F)(F)CNc1nc(Cl)cn2ccnc12. The minimum Gasteiger partial charge on any atom is -0.361 e. The molecule has 2 aromatic heterocycles. The molecule has 0 aliphatic heterocycles. The van der Waals surface area contributed by atoms with E-state index in [9.17, 15) is 8.78 Å². The average Bonchev–Trinajstić information content (AvgIpc) is 2.60. The second-order valence-corrected chi connectivity index (χ2v) is 3.88. The van der Waals surface area contributed by atoms with E-state index in [1.807, 2.05) is 0 Å². The summed E-state index contributed by atoms with van der Waals surface area (Å²) < 4.78 is 27.0. The summed E-state index contributed by atoms with van der Waals surface area (Å²) in [4.78, 5) is 7.91. The van der Waals surface area contributed by atoms with Crippen LogP contribution in [0, 0.1) is 0 Å². The third-order valence-corrected chi connectivity index (χ3v) is 2.09. The molecule has 2 heterocycles. The zero-order valence-corrected chi connectivity index (χ0v) is 9.17. The highest BCUT2D eigenvalue weighted by Gasteiger charge is 2.21. The highest BCUT2D eigenvalue weighted by atomic mass is 35.5. The summed E-state index contributed by atoms with van der Waals surface area (Å²) in [6, 6.07) is 0. The zero-order valence-electron chi connectivity index (χ0n) is 8.41. The van der Waals surface area contributed by atoms with E-state index in [0.717, 1.165) is 6.92 Å². The molecular formula is C9H9ClF2N4. The molecule has 0 spiro atoms. The van der Waals surface area contributed by atoms with Crippen molar-refractivity contribution in [3.05, 3.63) is 23.7 Å². The van der Waals surface area contributed by atoms with Gasteiger partial charge in [-0.2, -0.15) is 0 Å². The number of nitrogens with one attached hydrogen (secondary N) is 1. The smallest absolute Gasteiger partial charge is 0.262 e. The van der Waals surface area contributed by atoms with Crippen molar-refractivity contribution in [3.8, 4) is 0 Å². The van der Waals surface area contributed by atoms with E-state index in [0.29, 0.717) is 5.65 Å². The number of halogens is 3. The normalized spacial score (nSPS) is 12.0. The maximum absolute atomic E-state index is 12.7. The van der Waals surface area contributed by atoms with Gasteiger partial charge in [-0.05, 0) is 0 Å². The van der Waals surface area contributed by atoms with E-state index in [2.05, 4.69) is 15.3 Å². The van der Waals surface area contributed by atoms with E-state index in [4.69, 9.17) is 11.6 Å². The Morgan fingerprint density at radius 3 is 3.00 bits per heavy atom. The Bertz CT molecular complexity index is 506. The van der Waals surface area contributed by atoms with Crippen molar-refractivity contribution in [1.29, 1.82) is 0 Å². The summed E-state index contributed by atoms with van der Waals surface area (Å²) in [6.45, 7) is 0.316. The van der Waals surface area contributed by atoms with Gasteiger partial charge >= 0.3 is 0 Å². The van der Waals surface area contributed by atoms with E-state index in [1.165, 1.54) is 0 Å². The first-order chi connectivity index (χ1) is 7.46. The first kappa shape index (κ1) is 11.1. The first-order valence-corrected chi connectivity index (χ1v) is 4.94. The Hall–Kier alpha value is -1.43. The Labute approximate surface area is 95.3 Å². The molecule has 0 aliphatic carbocycles. The standard InChI is InChI=1S/C9H9ClF2N4/c1-9(11,12)5-14-7-8-13-2-3-16(8)4-6(10)15-7/h2-4H,5H2,1H3,(H,14,15). The maximum Gasteiger partial charge on any atom is 0.262 e. The van der Waals surface area contributed by atoms with Gasteiger partial charge in [0.2, 0.25) is 0 Å². The van der Waals surface area contributed by atoms with Crippen molar-refractivity contribution in [2.24, 2.45) is 0 Å². The highest BCUT2D eigenvalue weighted by molar-refractivity contribution is 6.29. The number of imidazole rings is 1. The molecule has 0 radical (unpaired) electrons. The second-order valence-electron chi connectivity index (χ2n) is 3.49. The van der Waals surface area contributed by atoms with Gasteiger partial charge in [0.25, 0.3) is 5.92 Å². The van der Waals surface area contributed by atoms with Crippen molar-refractivity contribution in [1.82, 2.24) is 14.4 Å². The van der Waals surface area contributed by atoms with Crippen molar-refractivity contribution < 1.29 is 8.78 Å². The predicted molar refractivity (Wildman–Crippen MR) is 57.1 cm³/mol. The van der Waals surface area contributed by atoms with Crippen molar-refractivity contribution >= 4 is 23.1 Å². The fraction of sp³-hybridized carbons (Fsp3) is 0.333. The number of hydrogen-bond donors (Lipinski definition) is 1. The lowest BCUT2D eigenvalue weighted by molar-refractivity contribution is 0.0367. The molecule has 0 aliphatic rings. The molecule has 0 saturated heterocycles. The van der Waals surface area contributed by atoms with E-state index >= 15 is 0 Å². The van der Waals surface area contributed by atoms with Crippen LogP contribution in [0.2, 0.25) is 5.15 Å². The molecule has 7 heteroatoms. The van der Waals surface area contributed by atoms with Gasteiger partial charge in [0, 0.05) is 25.5 Å². The molecule has 0 saturated carbocycles. The molecule has 0 aromatic carbocycles. The fourth-order valence-corrected chi connectivity index (χ4v) is 1.45. The predicted octanol–water partition coefficient (Wildman–Crippen LogP) is 2.45. The van der Waals surface area contributed by atoms with Gasteiger partial charge in [0.1, 0.15) is 5.15 Å². The molecule has 0 unspecified atom stereocenters.